The van der Waals surface area contributed by atoms with Crippen LogP contribution in [0.5, 0.6) is 0 Å². The molecule has 1 aromatic heterocycles. The van der Waals surface area contributed by atoms with Gasteiger partial charge in [0.2, 0.25) is 0 Å². The molecule has 0 radical (unpaired) electrons. The fourth-order valence-corrected chi connectivity index (χ4v) is 0.993. The van der Waals surface area contributed by atoms with Crippen molar-refractivity contribution in [2.24, 2.45) is 0 Å². The van der Waals surface area contributed by atoms with E-state index < -0.39 is 18.8 Å². The maximum absolute atomic E-state index is 11.7. The second-order valence-corrected chi connectivity index (χ2v) is 3.19. The van der Waals surface area contributed by atoms with Crippen LogP contribution >= 0.6 is 0 Å². The fraction of sp³-hybridized carbons (Fsp3) is 0.444. The van der Waals surface area contributed by atoms with Gasteiger partial charge in [0, 0.05) is 6.54 Å². The van der Waals surface area contributed by atoms with Gasteiger partial charge in [-0.3, -0.25) is 4.98 Å². The molecule has 0 fully saturated rings. The Hall–Kier alpha value is -1.90. The average Bonchev–Trinajstić information content (AvgIpc) is 2.27. The first-order valence-corrected chi connectivity index (χ1v) is 4.82. The van der Waals surface area contributed by atoms with Gasteiger partial charge in [-0.25, -0.2) is 9.78 Å². The van der Waals surface area contributed by atoms with Crippen molar-refractivity contribution in [2.75, 3.05) is 25.1 Å². The van der Waals surface area contributed by atoms with Gasteiger partial charge in [-0.2, -0.15) is 13.2 Å². The Balaban J connectivity index is 2.31. The Labute approximate surface area is 99.8 Å². The quantitative estimate of drug-likeness (QED) is 0.751. The number of nitrogens with one attached hydrogen (secondary N) is 1. The van der Waals surface area contributed by atoms with Crippen molar-refractivity contribution in [1.82, 2.24) is 9.97 Å². The summed E-state index contributed by atoms with van der Waals surface area (Å²) in [6.07, 6.45) is -2.03. The van der Waals surface area contributed by atoms with E-state index in [0.717, 1.165) is 6.20 Å². The monoisotopic (exact) mass is 265 g/mol. The van der Waals surface area contributed by atoms with Gasteiger partial charge in [0.1, 0.15) is 12.4 Å². The van der Waals surface area contributed by atoms with Crippen LogP contribution in [0, 0.1) is 0 Å². The summed E-state index contributed by atoms with van der Waals surface area (Å²) >= 11 is 0. The number of halogens is 3. The summed E-state index contributed by atoms with van der Waals surface area (Å²) in [5, 5.41) is 11.2. The fourth-order valence-electron chi connectivity index (χ4n) is 0.993. The minimum Gasteiger partial charge on any atom is -0.476 e. The van der Waals surface area contributed by atoms with Gasteiger partial charge in [0.05, 0.1) is 19.0 Å². The summed E-state index contributed by atoms with van der Waals surface area (Å²) in [5.74, 6) is -1.08. The molecular formula is C9H10F3N3O3. The highest BCUT2D eigenvalue weighted by Gasteiger charge is 2.27. The van der Waals surface area contributed by atoms with E-state index in [1.54, 1.807) is 0 Å². The molecule has 1 aromatic rings. The zero-order chi connectivity index (χ0) is 13.6. The summed E-state index contributed by atoms with van der Waals surface area (Å²) in [7, 11) is 0. The third-order valence-electron chi connectivity index (χ3n) is 1.67. The predicted octanol–water partition coefficient (Wildman–Crippen LogP) is 1.17. The second-order valence-electron chi connectivity index (χ2n) is 3.19. The smallest absolute Gasteiger partial charge is 0.411 e. The first-order valence-electron chi connectivity index (χ1n) is 4.82. The van der Waals surface area contributed by atoms with Crippen LogP contribution in [0.4, 0.5) is 19.0 Å². The van der Waals surface area contributed by atoms with Gasteiger partial charge >= 0.3 is 12.1 Å². The molecule has 0 saturated heterocycles. The van der Waals surface area contributed by atoms with E-state index in [1.807, 2.05) is 0 Å². The van der Waals surface area contributed by atoms with E-state index in [0.29, 0.717) is 0 Å². The Morgan fingerprint density at radius 1 is 1.44 bits per heavy atom. The second kappa shape index (κ2) is 6.15. The molecule has 0 bridgehead atoms. The van der Waals surface area contributed by atoms with Crippen molar-refractivity contribution < 1.29 is 27.8 Å². The van der Waals surface area contributed by atoms with E-state index in [1.165, 1.54) is 6.20 Å². The summed E-state index contributed by atoms with van der Waals surface area (Å²) in [4.78, 5) is 17.8. The van der Waals surface area contributed by atoms with Gasteiger partial charge in [0.15, 0.2) is 5.69 Å². The minimum atomic E-state index is -4.36. The Morgan fingerprint density at radius 2 is 2.17 bits per heavy atom. The van der Waals surface area contributed by atoms with Crippen LogP contribution in [0.25, 0.3) is 0 Å². The number of ether oxygens (including phenoxy) is 1. The van der Waals surface area contributed by atoms with Crippen LogP contribution in [0.3, 0.4) is 0 Å². The molecule has 1 rings (SSSR count). The molecule has 0 saturated carbocycles. The lowest BCUT2D eigenvalue weighted by Crippen LogP contribution is -2.20. The number of carboxylic acid groups (broad SMARTS) is 1. The first-order chi connectivity index (χ1) is 8.38. The van der Waals surface area contributed by atoms with Crippen molar-refractivity contribution in [1.29, 1.82) is 0 Å². The zero-order valence-electron chi connectivity index (χ0n) is 9.07. The molecule has 100 valence electrons. The van der Waals surface area contributed by atoms with Crippen molar-refractivity contribution in [3.8, 4) is 0 Å². The van der Waals surface area contributed by atoms with E-state index >= 15 is 0 Å². The van der Waals surface area contributed by atoms with Crippen LogP contribution < -0.4 is 5.32 Å². The number of carbonyl (C=O) groups is 1. The number of nitrogens with zero attached hydrogens (tertiary/aromatic N) is 2. The molecule has 0 spiro atoms. The molecule has 0 aliphatic rings. The van der Waals surface area contributed by atoms with Gasteiger partial charge in [-0.15, -0.1) is 0 Å². The average molecular weight is 265 g/mol. The number of aromatic nitrogens is 2. The van der Waals surface area contributed by atoms with Crippen LogP contribution in [0.1, 0.15) is 10.5 Å². The van der Waals surface area contributed by atoms with E-state index in [9.17, 15) is 18.0 Å². The molecule has 0 aliphatic heterocycles. The standard InChI is InChI=1S/C9H10F3N3O3/c10-9(11,12)5-18-2-1-14-7-4-13-3-6(15-7)8(16)17/h3-4H,1-2,5H2,(H,14,15)(H,16,17). The largest absolute Gasteiger partial charge is 0.476 e. The highest BCUT2D eigenvalue weighted by atomic mass is 19.4. The van der Waals surface area contributed by atoms with Crippen LogP contribution in [0.2, 0.25) is 0 Å². The lowest BCUT2D eigenvalue weighted by atomic mass is 10.4. The molecule has 0 unspecified atom stereocenters. The number of hydrogen-bond donors (Lipinski definition) is 2. The number of alkyl halides is 3. The zero-order valence-corrected chi connectivity index (χ0v) is 9.07. The topological polar surface area (TPSA) is 84.3 Å². The predicted molar refractivity (Wildman–Crippen MR) is 54.4 cm³/mol. The summed E-state index contributed by atoms with van der Waals surface area (Å²) in [6.45, 7) is -1.44. The molecule has 9 heteroatoms. The lowest BCUT2D eigenvalue weighted by molar-refractivity contribution is -0.172. The van der Waals surface area contributed by atoms with Crippen LogP contribution in [-0.4, -0.2) is 47.0 Å². The van der Waals surface area contributed by atoms with Gasteiger partial charge in [0.25, 0.3) is 0 Å². The van der Waals surface area contributed by atoms with Crippen molar-refractivity contribution in [2.45, 2.75) is 6.18 Å². The Bertz CT molecular complexity index is 412. The van der Waals surface area contributed by atoms with Gasteiger partial charge in [-0.1, -0.05) is 0 Å². The number of anilines is 1. The molecule has 0 aliphatic carbocycles. The third kappa shape index (κ3) is 5.43. The highest BCUT2D eigenvalue weighted by molar-refractivity contribution is 5.85. The molecule has 0 amide bonds. The van der Waals surface area contributed by atoms with Crippen molar-refractivity contribution >= 4 is 11.8 Å². The SMILES string of the molecule is O=C(O)c1cncc(NCCOCC(F)(F)F)n1. The van der Waals surface area contributed by atoms with E-state index in [4.69, 9.17) is 5.11 Å². The molecule has 1 heterocycles. The maximum atomic E-state index is 11.7. The lowest BCUT2D eigenvalue weighted by Gasteiger charge is -2.08. The molecule has 0 atom stereocenters. The molecule has 2 N–H and O–H groups in total. The summed E-state index contributed by atoms with van der Waals surface area (Å²) in [6, 6.07) is 0. The molecular weight excluding hydrogens is 255 g/mol. The Kier molecular flexibility index (Phi) is 4.84. The number of aromatic carboxylic acids is 1. The van der Waals surface area contributed by atoms with Crippen molar-refractivity contribution in [3.63, 3.8) is 0 Å². The van der Waals surface area contributed by atoms with Gasteiger partial charge < -0.3 is 15.2 Å². The molecule has 18 heavy (non-hydrogen) atoms. The third-order valence-corrected chi connectivity index (χ3v) is 1.67. The highest BCUT2D eigenvalue weighted by Crippen LogP contribution is 2.14. The first kappa shape index (κ1) is 14.2. The number of hydrogen-bond acceptors (Lipinski definition) is 5. The summed E-state index contributed by atoms with van der Waals surface area (Å²) in [5.41, 5.74) is -0.254. The van der Waals surface area contributed by atoms with Crippen LogP contribution in [0.15, 0.2) is 12.4 Å². The normalized spacial score (nSPS) is 11.3. The Morgan fingerprint density at radius 3 is 2.78 bits per heavy atom. The number of carboxylic acids is 1. The maximum Gasteiger partial charge on any atom is 0.411 e. The summed E-state index contributed by atoms with van der Waals surface area (Å²) < 4.78 is 39.5. The van der Waals surface area contributed by atoms with Crippen LogP contribution in [-0.2, 0) is 4.74 Å². The van der Waals surface area contributed by atoms with E-state index in [-0.39, 0.29) is 24.7 Å². The van der Waals surface area contributed by atoms with E-state index in [2.05, 4.69) is 20.0 Å². The molecule has 0 aromatic carbocycles. The number of rotatable bonds is 6. The molecule has 6 nitrogen and oxygen atoms in total. The van der Waals surface area contributed by atoms with Crippen molar-refractivity contribution in [3.05, 3.63) is 18.1 Å². The minimum absolute atomic E-state index is 0.0633. The van der Waals surface area contributed by atoms with Gasteiger partial charge in [-0.05, 0) is 0 Å².